The minimum atomic E-state index is -0.662. The normalized spacial score (nSPS) is 14.4. The first-order chi connectivity index (χ1) is 16.7. The fourth-order valence-electron chi connectivity index (χ4n) is 3.91. The first kappa shape index (κ1) is 24.6. The lowest BCUT2D eigenvalue weighted by Gasteiger charge is -2.13. The van der Waals surface area contributed by atoms with Gasteiger partial charge in [0, 0.05) is 21.5 Å². The molecule has 2 aromatic carbocycles. The Hall–Kier alpha value is -3.56. The molecule has 0 aliphatic carbocycles. The van der Waals surface area contributed by atoms with Crippen molar-refractivity contribution < 1.29 is 19.1 Å². The molecule has 2 heterocycles. The molecule has 4 amide bonds. The van der Waals surface area contributed by atoms with Gasteiger partial charge in [-0.15, -0.1) is 0 Å². The fraction of sp³-hybridized carbons (Fsp3) is 0.160. The topological polar surface area (TPSA) is 92.7 Å². The number of nitrogens with zero attached hydrogens (tertiary/aromatic N) is 2. The molecule has 35 heavy (non-hydrogen) atoms. The molecule has 0 unspecified atom stereocenters. The Labute approximate surface area is 215 Å². The molecular weight excluding hydrogens is 536 g/mol. The SMILES string of the molecule is COc1ccccc1NC(=O)CN1C(=O)N/C(=C/c2cc(C)n(-c3ccc(Br)c(Cl)c3)c2C)C1=O. The van der Waals surface area contributed by atoms with E-state index in [-0.39, 0.29) is 5.70 Å². The Bertz CT molecular complexity index is 1380. The minimum Gasteiger partial charge on any atom is -0.495 e. The Kier molecular flexibility index (Phi) is 7.00. The smallest absolute Gasteiger partial charge is 0.329 e. The van der Waals surface area contributed by atoms with Crippen LogP contribution in [0.5, 0.6) is 5.75 Å². The third-order valence-electron chi connectivity index (χ3n) is 5.58. The van der Waals surface area contributed by atoms with Gasteiger partial charge in [-0.3, -0.25) is 9.59 Å². The van der Waals surface area contributed by atoms with Crippen LogP contribution >= 0.6 is 27.5 Å². The number of rotatable bonds is 6. The number of para-hydroxylation sites is 2. The number of methoxy groups -OCH3 is 1. The number of anilines is 1. The summed E-state index contributed by atoms with van der Waals surface area (Å²) in [5.41, 5.74) is 3.96. The zero-order chi connectivity index (χ0) is 25.3. The van der Waals surface area contributed by atoms with E-state index < -0.39 is 24.4 Å². The highest BCUT2D eigenvalue weighted by molar-refractivity contribution is 9.10. The summed E-state index contributed by atoms with van der Waals surface area (Å²) >= 11 is 9.66. The average Bonchev–Trinajstić information content (AvgIpc) is 3.25. The number of amides is 4. The van der Waals surface area contributed by atoms with E-state index in [1.165, 1.54) is 7.11 Å². The highest BCUT2D eigenvalue weighted by atomic mass is 79.9. The van der Waals surface area contributed by atoms with Crippen molar-refractivity contribution in [1.82, 2.24) is 14.8 Å². The fourth-order valence-corrected chi connectivity index (χ4v) is 4.33. The summed E-state index contributed by atoms with van der Waals surface area (Å²) in [6.07, 6.45) is 1.61. The van der Waals surface area contributed by atoms with Crippen LogP contribution in [0.25, 0.3) is 11.8 Å². The molecule has 180 valence electrons. The van der Waals surface area contributed by atoms with Gasteiger partial charge >= 0.3 is 6.03 Å². The van der Waals surface area contributed by atoms with Gasteiger partial charge in [-0.2, -0.15) is 0 Å². The number of hydrogen-bond acceptors (Lipinski definition) is 4. The van der Waals surface area contributed by atoms with Crippen LogP contribution in [0.15, 0.2) is 58.7 Å². The van der Waals surface area contributed by atoms with Gasteiger partial charge in [-0.05, 0) is 77.8 Å². The summed E-state index contributed by atoms with van der Waals surface area (Å²) in [5, 5.41) is 5.81. The van der Waals surface area contributed by atoms with E-state index in [4.69, 9.17) is 16.3 Å². The van der Waals surface area contributed by atoms with Crippen LogP contribution in [-0.4, -0.2) is 41.0 Å². The maximum Gasteiger partial charge on any atom is 0.329 e. The molecule has 1 fully saturated rings. The highest BCUT2D eigenvalue weighted by Crippen LogP contribution is 2.29. The second-order valence-electron chi connectivity index (χ2n) is 7.89. The maximum absolute atomic E-state index is 12.9. The molecule has 0 bridgehead atoms. The molecule has 1 aliphatic rings. The monoisotopic (exact) mass is 556 g/mol. The quantitative estimate of drug-likeness (QED) is 0.328. The number of aromatic nitrogens is 1. The number of aryl methyl sites for hydroxylation is 1. The second kappa shape index (κ2) is 9.97. The molecule has 0 saturated carbocycles. The van der Waals surface area contributed by atoms with Crippen LogP contribution in [0.1, 0.15) is 17.0 Å². The van der Waals surface area contributed by atoms with Gasteiger partial charge in [0.15, 0.2) is 0 Å². The van der Waals surface area contributed by atoms with Gasteiger partial charge < -0.3 is 19.9 Å². The lowest BCUT2D eigenvalue weighted by molar-refractivity contribution is -0.127. The van der Waals surface area contributed by atoms with Crippen LogP contribution in [-0.2, 0) is 9.59 Å². The van der Waals surface area contributed by atoms with Crippen molar-refractivity contribution in [3.05, 3.63) is 80.7 Å². The summed E-state index contributed by atoms with van der Waals surface area (Å²) in [7, 11) is 1.49. The van der Waals surface area contributed by atoms with E-state index in [0.717, 1.165) is 32.0 Å². The molecule has 0 spiro atoms. The highest BCUT2D eigenvalue weighted by Gasteiger charge is 2.35. The average molecular weight is 558 g/mol. The van der Waals surface area contributed by atoms with E-state index in [9.17, 15) is 14.4 Å². The van der Waals surface area contributed by atoms with Crippen LogP contribution < -0.4 is 15.4 Å². The molecule has 8 nitrogen and oxygen atoms in total. The first-order valence-electron chi connectivity index (χ1n) is 10.6. The van der Waals surface area contributed by atoms with Gasteiger partial charge in [-0.1, -0.05) is 23.7 Å². The number of carbonyl (C=O) groups excluding carboxylic acids is 3. The Morgan fingerprint density at radius 2 is 1.91 bits per heavy atom. The van der Waals surface area contributed by atoms with Crippen molar-refractivity contribution in [1.29, 1.82) is 0 Å². The van der Waals surface area contributed by atoms with Crippen molar-refractivity contribution >= 4 is 57.1 Å². The van der Waals surface area contributed by atoms with Crippen molar-refractivity contribution in [2.24, 2.45) is 0 Å². The Balaban J connectivity index is 1.54. The lowest BCUT2D eigenvalue weighted by atomic mass is 10.2. The van der Waals surface area contributed by atoms with Gasteiger partial charge in [0.2, 0.25) is 5.91 Å². The lowest BCUT2D eigenvalue weighted by Crippen LogP contribution is -2.38. The number of hydrogen-bond donors (Lipinski definition) is 2. The van der Waals surface area contributed by atoms with Crippen LogP contribution in [0.3, 0.4) is 0 Å². The van der Waals surface area contributed by atoms with Gasteiger partial charge in [0.1, 0.15) is 18.0 Å². The molecule has 2 N–H and O–H groups in total. The minimum absolute atomic E-state index is 0.0918. The molecule has 1 aromatic heterocycles. The molecule has 1 saturated heterocycles. The third-order valence-corrected chi connectivity index (χ3v) is 6.81. The number of ether oxygens (including phenoxy) is 1. The van der Waals surface area contributed by atoms with Crippen molar-refractivity contribution in [3.8, 4) is 11.4 Å². The number of carbonyl (C=O) groups is 3. The van der Waals surface area contributed by atoms with Gasteiger partial charge in [-0.25, -0.2) is 9.69 Å². The van der Waals surface area contributed by atoms with Gasteiger partial charge in [0.05, 0.1) is 17.8 Å². The van der Waals surface area contributed by atoms with E-state index in [1.54, 1.807) is 30.3 Å². The summed E-state index contributed by atoms with van der Waals surface area (Å²) in [6.45, 7) is 3.42. The van der Waals surface area contributed by atoms with Crippen LogP contribution in [0, 0.1) is 13.8 Å². The Morgan fingerprint density at radius 3 is 2.63 bits per heavy atom. The molecular formula is C25H22BrClN4O4. The summed E-state index contributed by atoms with van der Waals surface area (Å²) < 4.78 is 8.01. The standard InChI is InChI=1S/C25H22BrClN4O4/c1-14-10-16(15(2)31(14)17-8-9-18(26)19(27)12-17)11-21-24(33)30(25(34)29-21)13-23(32)28-20-6-4-5-7-22(20)35-3/h4-12H,13H2,1-3H3,(H,28,32)(H,29,34)/b21-11+. The first-order valence-corrected chi connectivity index (χ1v) is 11.8. The number of nitrogens with one attached hydrogen (secondary N) is 2. The van der Waals surface area contributed by atoms with E-state index in [2.05, 4.69) is 26.6 Å². The second-order valence-corrected chi connectivity index (χ2v) is 9.15. The predicted molar refractivity (Wildman–Crippen MR) is 138 cm³/mol. The molecule has 4 rings (SSSR count). The zero-order valence-electron chi connectivity index (χ0n) is 19.2. The summed E-state index contributed by atoms with van der Waals surface area (Å²) in [6, 6.07) is 13.8. The van der Waals surface area contributed by atoms with Crippen molar-refractivity contribution in [3.63, 3.8) is 0 Å². The summed E-state index contributed by atoms with van der Waals surface area (Å²) in [4.78, 5) is 38.8. The number of halogens is 2. The third kappa shape index (κ3) is 4.96. The van der Waals surface area contributed by atoms with Crippen LogP contribution in [0.4, 0.5) is 10.5 Å². The molecule has 1 aliphatic heterocycles. The predicted octanol–water partition coefficient (Wildman–Crippen LogP) is 5.05. The van der Waals surface area contributed by atoms with Crippen molar-refractivity contribution in [2.75, 3.05) is 19.0 Å². The van der Waals surface area contributed by atoms with E-state index >= 15 is 0 Å². The molecule has 0 atom stereocenters. The molecule has 10 heteroatoms. The zero-order valence-corrected chi connectivity index (χ0v) is 21.5. The van der Waals surface area contributed by atoms with Crippen molar-refractivity contribution in [2.45, 2.75) is 13.8 Å². The van der Waals surface area contributed by atoms with E-state index in [0.29, 0.717) is 16.5 Å². The number of urea groups is 1. The van der Waals surface area contributed by atoms with E-state index in [1.807, 2.05) is 42.7 Å². The summed E-state index contributed by atoms with van der Waals surface area (Å²) in [5.74, 6) is -0.632. The number of benzene rings is 2. The largest absolute Gasteiger partial charge is 0.495 e. The van der Waals surface area contributed by atoms with Crippen LogP contribution in [0.2, 0.25) is 5.02 Å². The Morgan fingerprint density at radius 1 is 1.17 bits per heavy atom. The number of imide groups is 1. The van der Waals surface area contributed by atoms with Gasteiger partial charge in [0.25, 0.3) is 5.91 Å². The molecule has 3 aromatic rings. The molecule has 0 radical (unpaired) electrons. The maximum atomic E-state index is 12.9.